The first-order chi connectivity index (χ1) is 10.7. The van der Waals surface area contributed by atoms with Crippen LogP contribution < -0.4 is 9.47 Å². The molecule has 1 aromatic rings. The van der Waals surface area contributed by atoms with Gasteiger partial charge in [-0.25, -0.2) is 0 Å². The molecule has 0 aromatic heterocycles. The molecule has 1 aliphatic heterocycles. The number of likely N-dealkylation sites (tertiary alicyclic amines) is 1. The van der Waals surface area contributed by atoms with Crippen molar-refractivity contribution in [3.8, 4) is 11.5 Å². The van der Waals surface area contributed by atoms with Gasteiger partial charge in [0.15, 0.2) is 0 Å². The number of methoxy groups -OCH3 is 2. The number of ether oxygens (including phenoxy) is 2. The molecule has 0 spiro atoms. The lowest BCUT2D eigenvalue weighted by Crippen LogP contribution is -2.34. The van der Waals surface area contributed by atoms with Crippen LogP contribution in [0.3, 0.4) is 0 Å². The Morgan fingerprint density at radius 1 is 1.09 bits per heavy atom. The van der Waals surface area contributed by atoms with Crippen LogP contribution in [-0.2, 0) is 6.42 Å². The van der Waals surface area contributed by atoms with Gasteiger partial charge in [-0.15, -0.1) is 0 Å². The van der Waals surface area contributed by atoms with Crippen LogP contribution in [0, 0.1) is 5.92 Å². The second-order valence-electron chi connectivity index (χ2n) is 6.12. The summed E-state index contributed by atoms with van der Waals surface area (Å²) in [4.78, 5) is 2.47. The number of nitrogens with zero attached hydrogens (tertiary/aromatic N) is 1. The molecule has 1 aliphatic rings. The normalized spacial score (nSPS) is 16.7. The fourth-order valence-electron chi connectivity index (χ4n) is 3.17. The van der Waals surface area contributed by atoms with Gasteiger partial charge in [0, 0.05) is 19.2 Å². The second-order valence-corrected chi connectivity index (χ2v) is 6.12. The van der Waals surface area contributed by atoms with Crippen LogP contribution in [0.2, 0.25) is 0 Å². The van der Waals surface area contributed by atoms with Crippen LogP contribution in [0.5, 0.6) is 11.5 Å². The highest BCUT2D eigenvalue weighted by Crippen LogP contribution is 2.26. The zero-order valence-corrected chi connectivity index (χ0v) is 13.9. The molecule has 22 heavy (non-hydrogen) atoms. The van der Waals surface area contributed by atoms with E-state index >= 15 is 0 Å². The van der Waals surface area contributed by atoms with Crippen molar-refractivity contribution >= 4 is 0 Å². The summed E-state index contributed by atoms with van der Waals surface area (Å²) in [7, 11) is 3.39. The Hall–Kier alpha value is -1.26. The van der Waals surface area contributed by atoms with Gasteiger partial charge in [0.25, 0.3) is 0 Å². The third kappa shape index (κ3) is 5.18. The molecule has 2 rings (SSSR count). The highest BCUT2D eigenvalue weighted by atomic mass is 16.5. The molecule has 0 radical (unpaired) electrons. The molecule has 1 fully saturated rings. The Balaban J connectivity index is 1.79. The van der Waals surface area contributed by atoms with Crippen molar-refractivity contribution in [1.29, 1.82) is 0 Å². The summed E-state index contributed by atoms with van der Waals surface area (Å²) < 4.78 is 10.7. The lowest BCUT2D eigenvalue weighted by molar-refractivity contribution is 0.163. The number of aryl methyl sites for hydroxylation is 1. The van der Waals surface area contributed by atoms with E-state index in [-0.39, 0.29) is 0 Å². The highest BCUT2D eigenvalue weighted by Gasteiger charge is 2.18. The van der Waals surface area contributed by atoms with Crippen molar-refractivity contribution in [3.63, 3.8) is 0 Å². The van der Waals surface area contributed by atoms with E-state index in [1.165, 1.54) is 37.9 Å². The van der Waals surface area contributed by atoms with Gasteiger partial charge in [-0.3, -0.25) is 0 Å². The Morgan fingerprint density at radius 3 is 2.27 bits per heavy atom. The number of rotatable bonds is 8. The number of hydrogen-bond donors (Lipinski definition) is 1. The minimum atomic E-state index is 0.303. The van der Waals surface area contributed by atoms with E-state index in [1.807, 2.05) is 6.07 Å². The molecule has 4 nitrogen and oxygen atoms in total. The first-order valence-corrected chi connectivity index (χ1v) is 8.30. The Bertz CT molecular complexity index is 420. The zero-order valence-electron chi connectivity index (χ0n) is 13.9. The van der Waals surface area contributed by atoms with E-state index in [0.29, 0.717) is 6.61 Å². The summed E-state index contributed by atoms with van der Waals surface area (Å²) in [5.41, 5.74) is 1.29. The summed E-state index contributed by atoms with van der Waals surface area (Å²) >= 11 is 0. The number of benzene rings is 1. The molecule has 0 saturated carbocycles. The smallest absolute Gasteiger partial charge is 0.122 e. The highest BCUT2D eigenvalue weighted by molar-refractivity contribution is 5.38. The van der Waals surface area contributed by atoms with Gasteiger partial charge in [-0.05, 0) is 68.8 Å². The number of aliphatic hydroxyl groups excluding tert-OH is 1. The second kappa shape index (κ2) is 9.01. The van der Waals surface area contributed by atoms with E-state index in [0.717, 1.165) is 36.8 Å². The maximum absolute atomic E-state index is 8.90. The Morgan fingerprint density at radius 2 is 1.73 bits per heavy atom. The zero-order chi connectivity index (χ0) is 15.8. The summed E-state index contributed by atoms with van der Waals surface area (Å²) in [6, 6.07) is 6.14. The lowest BCUT2D eigenvalue weighted by atomic mass is 9.90. The van der Waals surface area contributed by atoms with Crippen molar-refractivity contribution < 1.29 is 14.6 Å². The molecule has 1 aromatic carbocycles. The topological polar surface area (TPSA) is 41.9 Å². The first-order valence-electron chi connectivity index (χ1n) is 8.30. The van der Waals surface area contributed by atoms with Crippen LogP contribution in [-0.4, -0.2) is 50.5 Å². The predicted octanol–water partition coefficient (Wildman–Crippen LogP) is 2.73. The van der Waals surface area contributed by atoms with Crippen LogP contribution in [0.15, 0.2) is 18.2 Å². The molecule has 4 heteroatoms. The molecule has 124 valence electrons. The molecular formula is C18H29NO3. The fourth-order valence-corrected chi connectivity index (χ4v) is 3.17. The fraction of sp³-hybridized carbons (Fsp3) is 0.667. The summed E-state index contributed by atoms with van der Waals surface area (Å²) in [5, 5.41) is 8.90. The molecule has 0 atom stereocenters. The maximum atomic E-state index is 8.90. The standard InChI is InChI=1S/C18H29NO3/c1-21-17-12-16(13-18(14-17)22-2)5-4-15-6-9-19(10-7-15)8-3-11-20/h12-15,20H,3-11H2,1-2H3. The van der Waals surface area contributed by atoms with Gasteiger partial charge < -0.3 is 19.5 Å². The summed E-state index contributed by atoms with van der Waals surface area (Å²) in [6.07, 6.45) is 5.74. The first kappa shape index (κ1) is 17.1. The van der Waals surface area contributed by atoms with E-state index in [2.05, 4.69) is 17.0 Å². The largest absolute Gasteiger partial charge is 0.497 e. The lowest BCUT2D eigenvalue weighted by Gasteiger charge is -2.31. The van der Waals surface area contributed by atoms with Gasteiger partial charge in [0.1, 0.15) is 11.5 Å². The summed E-state index contributed by atoms with van der Waals surface area (Å²) in [5.74, 6) is 2.55. The van der Waals surface area contributed by atoms with Crippen molar-refractivity contribution in [3.05, 3.63) is 23.8 Å². The van der Waals surface area contributed by atoms with Crippen molar-refractivity contribution in [1.82, 2.24) is 4.90 Å². The van der Waals surface area contributed by atoms with Crippen molar-refractivity contribution in [2.45, 2.75) is 32.1 Å². The molecule has 0 amide bonds. The van der Waals surface area contributed by atoms with Crippen LogP contribution in [0.1, 0.15) is 31.2 Å². The molecule has 0 bridgehead atoms. The minimum Gasteiger partial charge on any atom is -0.497 e. The Labute approximate surface area is 134 Å². The van der Waals surface area contributed by atoms with Crippen molar-refractivity contribution in [2.24, 2.45) is 5.92 Å². The van der Waals surface area contributed by atoms with Gasteiger partial charge in [0.2, 0.25) is 0 Å². The van der Waals surface area contributed by atoms with Crippen LogP contribution in [0.25, 0.3) is 0 Å². The van der Waals surface area contributed by atoms with E-state index in [1.54, 1.807) is 14.2 Å². The van der Waals surface area contributed by atoms with Gasteiger partial charge >= 0.3 is 0 Å². The molecule has 0 aliphatic carbocycles. The quantitative estimate of drug-likeness (QED) is 0.802. The third-order valence-corrected chi connectivity index (χ3v) is 4.59. The number of hydrogen-bond acceptors (Lipinski definition) is 4. The Kier molecular flexibility index (Phi) is 7.00. The van der Waals surface area contributed by atoms with Gasteiger partial charge in [-0.1, -0.05) is 0 Å². The predicted molar refractivity (Wildman–Crippen MR) is 88.7 cm³/mol. The van der Waals surface area contributed by atoms with E-state index in [9.17, 15) is 0 Å². The van der Waals surface area contributed by atoms with Gasteiger partial charge in [0.05, 0.1) is 14.2 Å². The number of piperidine rings is 1. The van der Waals surface area contributed by atoms with Crippen molar-refractivity contribution in [2.75, 3.05) is 40.5 Å². The van der Waals surface area contributed by atoms with Gasteiger partial charge in [-0.2, -0.15) is 0 Å². The molecule has 1 heterocycles. The average molecular weight is 307 g/mol. The molecule has 1 N–H and O–H groups in total. The SMILES string of the molecule is COc1cc(CCC2CCN(CCCO)CC2)cc(OC)c1. The minimum absolute atomic E-state index is 0.303. The van der Waals surface area contributed by atoms with Crippen LogP contribution >= 0.6 is 0 Å². The molecule has 0 unspecified atom stereocenters. The summed E-state index contributed by atoms with van der Waals surface area (Å²) in [6.45, 7) is 3.69. The molecular weight excluding hydrogens is 278 g/mol. The van der Waals surface area contributed by atoms with Crippen LogP contribution in [0.4, 0.5) is 0 Å². The number of aliphatic hydroxyl groups is 1. The third-order valence-electron chi connectivity index (χ3n) is 4.59. The maximum Gasteiger partial charge on any atom is 0.122 e. The average Bonchev–Trinajstić information content (AvgIpc) is 2.58. The van der Waals surface area contributed by atoms with E-state index < -0.39 is 0 Å². The van der Waals surface area contributed by atoms with E-state index in [4.69, 9.17) is 14.6 Å². The molecule has 1 saturated heterocycles. The monoisotopic (exact) mass is 307 g/mol.